The molecule has 0 aromatic heterocycles. The summed E-state index contributed by atoms with van der Waals surface area (Å²) in [5, 5.41) is 5.50. The molecule has 0 saturated heterocycles. The average Bonchev–Trinajstić information content (AvgIpc) is 2.85. The number of nitrogens with zero attached hydrogens (tertiary/aromatic N) is 1. The van der Waals surface area contributed by atoms with Crippen molar-refractivity contribution in [2.24, 2.45) is 0 Å². The van der Waals surface area contributed by atoms with Crippen LogP contribution >= 0.6 is 11.8 Å². The molecule has 2 N–H and O–H groups in total. The molecule has 0 saturated carbocycles. The van der Waals surface area contributed by atoms with Crippen LogP contribution in [0.25, 0.3) is 0 Å². The third-order valence-electron chi connectivity index (χ3n) is 5.28. The first-order valence-corrected chi connectivity index (χ1v) is 13.1. The molecule has 2 rings (SSSR count). The minimum absolute atomic E-state index is 0.291. The molecule has 2 atom stereocenters. The molecule has 0 radical (unpaired) electrons. The molecular weight excluding hydrogens is 486 g/mol. The first-order valence-electron chi connectivity index (χ1n) is 11.7. The van der Waals surface area contributed by atoms with Crippen LogP contribution in [0.3, 0.4) is 0 Å². The molecule has 2 aromatic carbocycles. The van der Waals surface area contributed by atoms with Gasteiger partial charge >= 0.3 is 6.09 Å². The summed E-state index contributed by atoms with van der Waals surface area (Å²) in [6.07, 6.45) is 12.7. The fourth-order valence-corrected chi connectivity index (χ4v) is 3.94. The number of thioether (sulfide) groups is 1. The summed E-state index contributed by atoms with van der Waals surface area (Å²) in [6.45, 7) is 7.04. The van der Waals surface area contributed by atoms with Crippen molar-refractivity contribution in [1.82, 2.24) is 10.2 Å². The molecule has 3 amide bonds. The summed E-state index contributed by atoms with van der Waals surface area (Å²) in [4.78, 5) is 40.9. The monoisotopic (exact) mass is 519 g/mol. The van der Waals surface area contributed by atoms with Crippen molar-refractivity contribution >= 4 is 35.4 Å². The van der Waals surface area contributed by atoms with E-state index in [1.165, 1.54) is 11.8 Å². The predicted octanol–water partition coefficient (Wildman–Crippen LogP) is 4.72. The SMILES string of the molecule is C#Cc1ccc(C(C(=O)Nc2ccccc2C)N(C#C)C(=O)C(CCSC)NC(=O)OC(C)(C)C)cc1. The zero-order valence-corrected chi connectivity index (χ0v) is 22.6. The highest BCUT2D eigenvalue weighted by Crippen LogP contribution is 2.26. The summed E-state index contributed by atoms with van der Waals surface area (Å²) >= 11 is 1.51. The van der Waals surface area contributed by atoms with Crippen molar-refractivity contribution in [1.29, 1.82) is 0 Å². The second-order valence-corrected chi connectivity index (χ2v) is 10.3. The Balaban J connectivity index is 2.47. The number of nitrogens with one attached hydrogen (secondary N) is 2. The molecule has 2 aromatic rings. The molecule has 37 heavy (non-hydrogen) atoms. The van der Waals surface area contributed by atoms with Gasteiger partial charge in [0.2, 0.25) is 0 Å². The predicted molar refractivity (Wildman–Crippen MR) is 149 cm³/mol. The Bertz CT molecular complexity index is 1190. The fraction of sp³-hybridized carbons (Fsp3) is 0.345. The maximum absolute atomic E-state index is 13.7. The summed E-state index contributed by atoms with van der Waals surface area (Å²) < 4.78 is 5.34. The first kappa shape index (κ1) is 29.4. The number of hydrogen-bond donors (Lipinski definition) is 2. The quantitative estimate of drug-likeness (QED) is 0.370. The summed E-state index contributed by atoms with van der Waals surface area (Å²) in [7, 11) is 0. The van der Waals surface area contributed by atoms with Gasteiger partial charge in [-0.2, -0.15) is 11.8 Å². The van der Waals surface area contributed by atoms with Gasteiger partial charge in [0.15, 0.2) is 0 Å². The number of aryl methyl sites for hydroxylation is 1. The Kier molecular flexibility index (Phi) is 10.7. The zero-order chi connectivity index (χ0) is 27.6. The van der Waals surface area contributed by atoms with Gasteiger partial charge in [-0.25, -0.2) is 4.79 Å². The molecule has 0 heterocycles. The van der Waals surface area contributed by atoms with Crippen LogP contribution in [0, 0.1) is 31.7 Å². The molecular formula is C29H33N3O4S. The number of carbonyl (C=O) groups excluding carboxylic acids is 3. The van der Waals surface area contributed by atoms with Crippen molar-refractivity contribution in [3.05, 3.63) is 65.2 Å². The van der Waals surface area contributed by atoms with Crippen LogP contribution in [-0.4, -0.2) is 46.5 Å². The van der Waals surface area contributed by atoms with Crippen LogP contribution < -0.4 is 10.6 Å². The molecule has 0 aliphatic carbocycles. The van der Waals surface area contributed by atoms with E-state index in [1.807, 2.05) is 25.3 Å². The van der Waals surface area contributed by atoms with Gasteiger partial charge in [0.25, 0.3) is 11.8 Å². The number of ether oxygens (including phenoxy) is 1. The second kappa shape index (κ2) is 13.4. The largest absolute Gasteiger partial charge is 0.444 e. The van der Waals surface area contributed by atoms with Gasteiger partial charge in [-0.05, 0) is 75.5 Å². The Hall–Kier alpha value is -3.88. The highest BCUT2D eigenvalue weighted by atomic mass is 32.2. The maximum atomic E-state index is 13.7. The Morgan fingerprint density at radius 1 is 1.08 bits per heavy atom. The number of carbonyl (C=O) groups is 3. The van der Waals surface area contributed by atoms with E-state index in [0.29, 0.717) is 29.0 Å². The Labute approximate surface area is 223 Å². The molecule has 0 fully saturated rings. The van der Waals surface area contributed by atoms with Crippen LogP contribution in [-0.2, 0) is 14.3 Å². The van der Waals surface area contributed by atoms with E-state index in [9.17, 15) is 14.4 Å². The van der Waals surface area contributed by atoms with Gasteiger partial charge in [-0.15, -0.1) is 6.42 Å². The van der Waals surface area contributed by atoms with Crippen molar-refractivity contribution in [2.75, 3.05) is 17.3 Å². The lowest BCUT2D eigenvalue weighted by Gasteiger charge is -2.30. The molecule has 7 nitrogen and oxygen atoms in total. The van der Waals surface area contributed by atoms with E-state index in [2.05, 4.69) is 22.6 Å². The van der Waals surface area contributed by atoms with Crippen molar-refractivity contribution in [2.45, 2.75) is 51.8 Å². The van der Waals surface area contributed by atoms with E-state index in [-0.39, 0.29) is 0 Å². The Morgan fingerprint density at radius 2 is 1.73 bits per heavy atom. The van der Waals surface area contributed by atoms with Crippen LogP contribution in [0.4, 0.5) is 10.5 Å². The van der Waals surface area contributed by atoms with E-state index in [4.69, 9.17) is 17.6 Å². The lowest BCUT2D eigenvalue weighted by molar-refractivity contribution is -0.136. The third-order valence-corrected chi connectivity index (χ3v) is 5.92. The van der Waals surface area contributed by atoms with Crippen LogP contribution in [0.2, 0.25) is 0 Å². The summed E-state index contributed by atoms with van der Waals surface area (Å²) in [5.74, 6) is 1.99. The molecule has 2 unspecified atom stereocenters. The van der Waals surface area contributed by atoms with Gasteiger partial charge < -0.3 is 15.4 Å². The minimum Gasteiger partial charge on any atom is -0.444 e. The maximum Gasteiger partial charge on any atom is 0.408 e. The first-order chi connectivity index (χ1) is 17.5. The Morgan fingerprint density at radius 3 is 2.27 bits per heavy atom. The van der Waals surface area contributed by atoms with Gasteiger partial charge in [0.1, 0.15) is 17.7 Å². The number of rotatable bonds is 9. The number of hydrogen-bond acceptors (Lipinski definition) is 5. The second-order valence-electron chi connectivity index (χ2n) is 9.29. The molecule has 0 aliphatic rings. The van der Waals surface area contributed by atoms with Crippen LogP contribution in [0.1, 0.15) is 49.9 Å². The molecule has 0 bridgehead atoms. The number of alkyl carbamates (subject to hydrolysis) is 1. The molecule has 194 valence electrons. The van der Waals surface area contributed by atoms with Gasteiger partial charge in [0.05, 0.1) is 0 Å². The number of benzene rings is 2. The highest BCUT2D eigenvalue weighted by molar-refractivity contribution is 7.98. The average molecular weight is 520 g/mol. The summed E-state index contributed by atoms with van der Waals surface area (Å²) in [6, 6.07) is 14.1. The number of anilines is 1. The van der Waals surface area contributed by atoms with Gasteiger partial charge in [-0.1, -0.05) is 42.7 Å². The van der Waals surface area contributed by atoms with E-state index >= 15 is 0 Å². The van der Waals surface area contributed by atoms with Crippen molar-refractivity contribution in [3.8, 4) is 24.8 Å². The standard InChI is InChI=1S/C29H33N3O4S/c1-8-21-14-16-22(17-15-21)25(26(33)30-23-13-11-10-12-20(23)3)32(9-2)27(34)24(18-19-37-7)31-28(35)36-29(4,5)6/h1-2,10-17,24-25H,18-19H2,3-7H3,(H,30,33)(H,31,35). The topological polar surface area (TPSA) is 87.7 Å². The normalized spacial score (nSPS) is 12.3. The van der Waals surface area contributed by atoms with Crippen LogP contribution in [0.5, 0.6) is 0 Å². The zero-order valence-electron chi connectivity index (χ0n) is 21.8. The van der Waals surface area contributed by atoms with E-state index in [0.717, 1.165) is 10.5 Å². The smallest absolute Gasteiger partial charge is 0.408 e. The minimum atomic E-state index is -1.18. The molecule has 0 aliphatic heterocycles. The highest BCUT2D eigenvalue weighted by Gasteiger charge is 2.36. The van der Waals surface area contributed by atoms with Gasteiger partial charge in [-0.3, -0.25) is 14.5 Å². The van der Waals surface area contributed by atoms with Crippen molar-refractivity contribution in [3.63, 3.8) is 0 Å². The third kappa shape index (κ3) is 8.63. The lowest BCUT2D eigenvalue weighted by atomic mass is 10.0. The molecule has 8 heteroatoms. The number of terminal acetylenes is 2. The van der Waals surface area contributed by atoms with Crippen LogP contribution in [0.15, 0.2) is 48.5 Å². The summed E-state index contributed by atoms with van der Waals surface area (Å²) in [5.41, 5.74) is 1.77. The fourth-order valence-electron chi connectivity index (χ4n) is 3.47. The van der Waals surface area contributed by atoms with E-state index < -0.39 is 35.6 Å². The van der Waals surface area contributed by atoms with E-state index in [1.54, 1.807) is 57.2 Å². The van der Waals surface area contributed by atoms with Gasteiger partial charge in [0, 0.05) is 17.3 Å². The molecule has 0 spiro atoms. The lowest BCUT2D eigenvalue weighted by Crippen LogP contribution is -2.51. The van der Waals surface area contributed by atoms with Crippen molar-refractivity contribution < 1.29 is 19.1 Å². The number of para-hydroxylation sites is 1. The number of amides is 3.